The van der Waals surface area contributed by atoms with Gasteiger partial charge in [0.25, 0.3) is 0 Å². The second-order valence-electron chi connectivity index (χ2n) is 8.73. The number of hydrogen-bond donors (Lipinski definition) is 1. The first-order valence-corrected chi connectivity index (χ1v) is 13.1. The number of carbonyl (C=O) groups is 1. The van der Waals surface area contributed by atoms with Crippen LogP contribution < -0.4 is 10.1 Å². The van der Waals surface area contributed by atoms with E-state index in [4.69, 9.17) is 19.4 Å². The molecule has 1 atom stereocenters. The number of methoxy groups -OCH3 is 1. The molecule has 2 aromatic heterocycles. The summed E-state index contributed by atoms with van der Waals surface area (Å²) in [6.45, 7) is 3.09. The summed E-state index contributed by atoms with van der Waals surface area (Å²) in [5.41, 5.74) is 4.05. The number of thiazole rings is 1. The van der Waals surface area contributed by atoms with Crippen molar-refractivity contribution in [2.75, 3.05) is 25.6 Å². The summed E-state index contributed by atoms with van der Waals surface area (Å²) < 4.78 is 24.5. The molecule has 0 spiro atoms. The van der Waals surface area contributed by atoms with E-state index >= 15 is 0 Å². The predicted octanol–water partition coefficient (Wildman–Crippen LogP) is 5.50. The SMILES string of the molecule is CCOC(=O)CC(Cc1csc(CCCc2ccc3c(n2)NCCC3)n1)c1ccc(OC)c(F)c1. The zero-order valence-electron chi connectivity index (χ0n) is 20.3. The molecule has 0 radical (unpaired) electrons. The second kappa shape index (κ2) is 12.1. The summed E-state index contributed by atoms with van der Waals surface area (Å²) in [7, 11) is 1.43. The van der Waals surface area contributed by atoms with Crippen LogP contribution in [-0.2, 0) is 35.2 Å². The normalized spacial score (nSPS) is 13.6. The van der Waals surface area contributed by atoms with Crippen molar-refractivity contribution >= 4 is 23.1 Å². The Morgan fingerprint density at radius 1 is 1.20 bits per heavy atom. The van der Waals surface area contributed by atoms with Crippen molar-refractivity contribution in [3.8, 4) is 5.75 Å². The van der Waals surface area contributed by atoms with Crippen molar-refractivity contribution in [3.05, 3.63) is 69.1 Å². The molecule has 0 aliphatic carbocycles. The summed E-state index contributed by atoms with van der Waals surface area (Å²) in [5, 5.41) is 6.49. The van der Waals surface area contributed by atoms with Crippen LogP contribution in [0.3, 0.4) is 0 Å². The first kappa shape index (κ1) is 25.1. The van der Waals surface area contributed by atoms with E-state index < -0.39 is 5.82 Å². The number of ether oxygens (including phenoxy) is 2. The Morgan fingerprint density at radius 2 is 2.09 bits per heavy atom. The average molecular weight is 498 g/mol. The first-order valence-electron chi connectivity index (χ1n) is 12.2. The number of esters is 1. The molecule has 35 heavy (non-hydrogen) atoms. The van der Waals surface area contributed by atoms with E-state index in [1.54, 1.807) is 30.4 Å². The van der Waals surface area contributed by atoms with Crippen molar-refractivity contribution in [2.24, 2.45) is 0 Å². The number of nitrogens with one attached hydrogen (secondary N) is 1. The van der Waals surface area contributed by atoms with E-state index in [0.717, 1.165) is 66.4 Å². The molecular weight excluding hydrogens is 465 g/mol. The standard InChI is InChI=1S/C27H32FN3O3S/c1-3-34-26(32)16-20(19-10-12-24(33-2)23(28)15-19)14-22-17-35-25(30-22)8-4-7-21-11-9-18-6-5-13-29-27(18)31-21/h9-12,15,17,20H,3-8,13-14,16H2,1-2H3,(H,29,31). The number of benzene rings is 1. The predicted molar refractivity (Wildman–Crippen MR) is 136 cm³/mol. The molecule has 1 aliphatic rings. The molecule has 1 N–H and O–H groups in total. The van der Waals surface area contributed by atoms with E-state index in [9.17, 15) is 9.18 Å². The quantitative estimate of drug-likeness (QED) is 0.353. The van der Waals surface area contributed by atoms with Gasteiger partial charge in [0.1, 0.15) is 5.82 Å². The summed E-state index contributed by atoms with van der Waals surface area (Å²) in [6, 6.07) is 9.17. The Kier molecular flexibility index (Phi) is 8.69. The molecule has 6 nitrogen and oxygen atoms in total. The van der Waals surface area contributed by atoms with Gasteiger partial charge in [-0.2, -0.15) is 0 Å². The van der Waals surface area contributed by atoms with E-state index in [1.807, 2.05) is 5.38 Å². The highest BCUT2D eigenvalue weighted by atomic mass is 32.1. The number of hydrogen-bond acceptors (Lipinski definition) is 7. The van der Waals surface area contributed by atoms with Crippen molar-refractivity contribution in [1.29, 1.82) is 0 Å². The number of aromatic nitrogens is 2. The number of anilines is 1. The van der Waals surface area contributed by atoms with E-state index in [2.05, 4.69) is 17.4 Å². The van der Waals surface area contributed by atoms with Crippen LogP contribution >= 0.6 is 11.3 Å². The van der Waals surface area contributed by atoms with Crippen molar-refractivity contribution < 1.29 is 18.7 Å². The lowest BCUT2D eigenvalue weighted by molar-refractivity contribution is -0.143. The highest BCUT2D eigenvalue weighted by molar-refractivity contribution is 7.09. The summed E-state index contributed by atoms with van der Waals surface area (Å²) in [4.78, 5) is 21.8. The van der Waals surface area contributed by atoms with E-state index in [-0.39, 0.29) is 24.1 Å². The fourth-order valence-corrected chi connectivity index (χ4v) is 5.26. The van der Waals surface area contributed by atoms with Crippen LogP contribution in [0.5, 0.6) is 5.75 Å². The Balaban J connectivity index is 1.37. The van der Waals surface area contributed by atoms with Gasteiger partial charge in [0.05, 0.1) is 30.8 Å². The molecule has 8 heteroatoms. The molecular formula is C27H32FN3O3S. The number of halogens is 1. The van der Waals surface area contributed by atoms with Crippen molar-refractivity contribution in [2.45, 2.75) is 57.8 Å². The lowest BCUT2D eigenvalue weighted by Gasteiger charge is -2.17. The summed E-state index contributed by atoms with van der Waals surface area (Å²) >= 11 is 1.63. The third-order valence-corrected chi connectivity index (χ3v) is 7.15. The van der Waals surface area contributed by atoms with E-state index in [0.29, 0.717) is 13.0 Å². The van der Waals surface area contributed by atoms with Crippen molar-refractivity contribution in [3.63, 3.8) is 0 Å². The molecule has 0 fully saturated rings. The van der Waals surface area contributed by atoms with Crippen LogP contribution in [0.2, 0.25) is 0 Å². The van der Waals surface area contributed by atoms with Crippen LogP contribution in [0.25, 0.3) is 0 Å². The number of rotatable bonds is 11. The average Bonchev–Trinajstić information content (AvgIpc) is 3.31. The molecule has 4 rings (SSSR count). The molecule has 0 saturated carbocycles. The van der Waals surface area contributed by atoms with Crippen LogP contribution in [0.1, 0.15) is 59.6 Å². The van der Waals surface area contributed by atoms with Gasteiger partial charge in [-0.15, -0.1) is 11.3 Å². The molecule has 0 saturated heterocycles. The van der Waals surface area contributed by atoms with Gasteiger partial charge in [-0.3, -0.25) is 4.79 Å². The third kappa shape index (κ3) is 6.78. The minimum Gasteiger partial charge on any atom is -0.494 e. The molecule has 0 amide bonds. The van der Waals surface area contributed by atoms with Gasteiger partial charge >= 0.3 is 5.97 Å². The molecule has 1 aliphatic heterocycles. The first-order chi connectivity index (χ1) is 17.1. The number of carbonyl (C=O) groups excluding carboxylic acids is 1. The number of pyridine rings is 1. The molecule has 0 bridgehead atoms. The minimum absolute atomic E-state index is 0.171. The third-order valence-electron chi connectivity index (χ3n) is 6.20. The Morgan fingerprint density at radius 3 is 2.89 bits per heavy atom. The fraction of sp³-hybridized carbons (Fsp3) is 0.444. The topological polar surface area (TPSA) is 73.3 Å². The molecule has 3 aromatic rings. The highest BCUT2D eigenvalue weighted by Gasteiger charge is 2.21. The fourth-order valence-electron chi connectivity index (χ4n) is 4.40. The minimum atomic E-state index is -0.441. The maximum absolute atomic E-state index is 14.3. The van der Waals surface area contributed by atoms with Gasteiger partial charge in [-0.1, -0.05) is 12.1 Å². The second-order valence-corrected chi connectivity index (χ2v) is 9.67. The molecule has 1 unspecified atom stereocenters. The summed E-state index contributed by atoms with van der Waals surface area (Å²) in [5.74, 6) is 0.258. The lowest BCUT2D eigenvalue weighted by Crippen LogP contribution is -2.14. The zero-order valence-corrected chi connectivity index (χ0v) is 21.1. The van der Waals surface area contributed by atoms with Gasteiger partial charge in [0, 0.05) is 17.6 Å². The Hall–Kier alpha value is -3.00. The molecule has 1 aromatic carbocycles. The monoisotopic (exact) mass is 497 g/mol. The van der Waals surface area contributed by atoms with Gasteiger partial charge in [0.2, 0.25) is 0 Å². The van der Waals surface area contributed by atoms with E-state index in [1.165, 1.54) is 18.7 Å². The summed E-state index contributed by atoms with van der Waals surface area (Å²) in [6.07, 6.45) is 5.71. The number of fused-ring (bicyclic) bond motifs is 1. The molecule has 3 heterocycles. The number of nitrogens with zero attached hydrogens (tertiary/aromatic N) is 2. The number of aryl methyl sites for hydroxylation is 3. The van der Waals surface area contributed by atoms with Crippen LogP contribution in [-0.4, -0.2) is 36.2 Å². The lowest BCUT2D eigenvalue weighted by atomic mass is 9.91. The Labute approximate surface area is 209 Å². The van der Waals surface area contributed by atoms with Gasteiger partial charge < -0.3 is 14.8 Å². The zero-order chi connectivity index (χ0) is 24.6. The van der Waals surface area contributed by atoms with Crippen LogP contribution in [0.4, 0.5) is 10.2 Å². The maximum Gasteiger partial charge on any atom is 0.306 e. The highest BCUT2D eigenvalue weighted by Crippen LogP contribution is 2.29. The van der Waals surface area contributed by atoms with Crippen LogP contribution in [0.15, 0.2) is 35.7 Å². The maximum atomic E-state index is 14.3. The van der Waals surface area contributed by atoms with Gasteiger partial charge in [0.15, 0.2) is 11.6 Å². The smallest absolute Gasteiger partial charge is 0.306 e. The Bertz CT molecular complexity index is 1150. The van der Waals surface area contributed by atoms with Crippen LogP contribution in [0, 0.1) is 5.82 Å². The van der Waals surface area contributed by atoms with Crippen molar-refractivity contribution in [1.82, 2.24) is 9.97 Å². The van der Waals surface area contributed by atoms with Gasteiger partial charge in [-0.05, 0) is 80.7 Å². The largest absolute Gasteiger partial charge is 0.494 e. The molecule has 186 valence electrons. The van der Waals surface area contributed by atoms with Gasteiger partial charge in [-0.25, -0.2) is 14.4 Å².